The van der Waals surface area contributed by atoms with E-state index in [1.165, 1.54) is 9.45 Å². The monoisotopic (exact) mass is 257 g/mol. The summed E-state index contributed by atoms with van der Waals surface area (Å²) in [6, 6.07) is 0. The quantitative estimate of drug-likeness (QED) is 0.707. The van der Waals surface area contributed by atoms with Gasteiger partial charge >= 0.3 is 79.8 Å². The first-order valence-corrected chi connectivity index (χ1v) is 4.76. The maximum atomic E-state index is 5.49. The van der Waals surface area contributed by atoms with Crippen LogP contribution >= 0.6 is 24.8 Å². The fourth-order valence-corrected chi connectivity index (χ4v) is 1.87. The van der Waals surface area contributed by atoms with Crippen molar-refractivity contribution >= 4 is 24.8 Å². The number of hydrogen-bond acceptors (Lipinski definition) is 1. The SMILES string of the molecule is CCOC(C)C1=[C]([Ti])CC=C1.Cl.Cl. The molecule has 0 aromatic heterocycles. The fourth-order valence-electron chi connectivity index (χ4n) is 1.24. The third-order valence-corrected chi connectivity index (χ3v) is 2.59. The Labute approximate surface area is 104 Å². The third-order valence-electron chi connectivity index (χ3n) is 1.82. The Balaban J connectivity index is 0. The van der Waals surface area contributed by atoms with E-state index in [1.54, 1.807) is 0 Å². The van der Waals surface area contributed by atoms with Crippen molar-refractivity contribution in [2.45, 2.75) is 26.4 Å². The van der Waals surface area contributed by atoms with Crippen LogP contribution in [0.15, 0.2) is 21.6 Å². The number of hydrogen-bond donors (Lipinski definition) is 0. The molecule has 1 unspecified atom stereocenters. The minimum Gasteiger partial charge on any atom is -0.147 e. The van der Waals surface area contributed by atoms with Crippen LogP contribution in [0.1, 0.15) is 20.3 Å². The molecule has 0 amide bonds. The number of rotatable bonds is 3. The molecular weight excluding hydrogens is 243 g/mol. The summed E-state index contributed by atoms with van der Waals surface area (Å²) >= 11 is 2.17. The van der Waals surface area contributed by atoms with Crippen LogP contribution in [0.2, 0.25) is 0 Å². The second-order valence-corrected chi connectivity index (χ2v) is 3.58. The fraction of sp³-hybridized carbons (Fsp3) is 0.556. The van der Waals surface area contributed by atoms with E-state index in [4.69, 9.17) is 4.74 Å². The molecule has 0 heterocycles. The van der Waals surface area contributed by atoms with Crippen LogP contribution in [0.5, 0.6) is 0 Å². The van der Waals surface area contributed by atoms with Crippen molar-refractivity contribution in [1.29, 1.82) is 0 Å². The first-order valence-electron chi connectivity index (χ1n) is 3.98. The molecule has 1 aliphatic carbocycles. The zero-order valence-electron chi connectivity index (χ0n) is 7.87. The molecule has 75 valence electrons. The number of halogens is 2. The van der Waals surface area contributed by atoms with Gasteiger partial charge in [-0.2, -0.15) is 0 Å². The normalized spacial score (nSPS) is 16.4. The summed E-state index contributed by atoms with van der Waals surface area (Å²) in [5, 5.41) is 0. The average molecular weight is 258 g/mol. The Hall–Kier alpha value is 0.734. The molecule has 0 N–H and O–H groups in total. The first kappa shape index (κ1) is 16.2. The third kappa shape index (κ3) is 4.67. The molecule has 0 aliphatic heterocycles. The van der Waals surface area contributed by atoms with Crippen LogP contribution in [0, 0.1) is 0 Å². The van der Waals surface area contributed by atoms with Gasteiger partial charge in [0.25, 0.3) is 0 Å². The predicted molar refractivity (Wildman–Crippen MR) is 56.4 cm³/mol. The zero-order chi connectivity index (χ0) is 8.27. The minimum absolute atomic E-state index is 0. The zero-order valence-corrected chi connectivity index (χ0v) is 11.1. The second kappa shape index (κ2) is 8.08. The average Bonchev–Trinajstić information content (AvgIpc) is 2.36. The van der Waals surface area contributed by atoms with E-state index in [0.717, 1.165) is 13.0 Å². The van der Waals surface area contributed by atoms with Gasteiger partial charge in [-0.05, 0) is 0 Å². The largest absolute Gasteiger partial charge is 0.147 e. The van der Waals surface area contributed by atoms with Crippen molar-refractivity contribution in [1.82, 2.24) is 0 Å². The molecule has 0 aromatic rings. The number of allylic oxidation sites excluding steroid dienone is 2. The van der Waals surface area contributed by atoms with Crippen molar-refractivity contribution in [2.75, 3.05) is 6.61 Å². The standard InChI is InChI=1S/C9H13O.2ClH.Ti/c1-3-10-8(2)9-6-4-5-7-9;;;/h4,6,8H,3,5H2,1-2H3;2*1H;. The summed E-state index contributed by atoms with van der Waals surface area (Å²) in [4.78, 5) is 0. The van der Waals surface area contributed by atoms with Gasteiger partial charge in [0.05, 0.1) is 0 Å². The maximum absolute atomic E-state index is 5.49. The van der Waals surface area contributed by atoms with Gasteiger partial charge in [0.2, 0.25) is 0 Å². The van der Waals surface area contributed by atoms with Crippen molar-refractivity contribution in [3.05, 3.63) is 21.6 Å². The molecule has 0 saturated heterocycles. The summed E-state index contributed by atoms with van der Waals surface area (Å²) in [7, 11) is 0. The van der Waals surface area contributed by atoms with Crippen molar-refractivity contribution in [3.8, 4) is 0 Å². The van der Waals surface area contributed by atoms with Crippen LogP contribution in [0.25, 0.3) is 0 Å². The molecule has 13 heavy (non-hydrogen) atoms. The van der Waals surface area contributed by atoms with E-state index in [-0.39, 0.29) is 30.9 Å². The minimum atomic E-state index is 0. The van der Waals surface area contributed by atoms with Gasteiger partial charge in [-0.25, -0.2) is 0 Å². The Kier molecular flexibility index (Phi) is 10.0. The molecular formula is C9H15Cl2OTi. The van der Waals surface area contributed by atoms with Crippen molar-refractivity contribution < 1.29 is 25.2 Å². The number of ether oxygens (including phenoxy) is 1. The van der Waals surface area contributed by atoms with Gasteiger partial charge in [0.15, 0.2) is 0 Å². The Bertz CT molecular complexity index is 202. The smallest absolute Gasteiger partial charge is 0.147 e. The molecule has 0 bridgehead atoms. The molecule has 1 rings (SSSR count). The second-order valence-electron chi connectivity index (χ2n) is 2.64. The predicted octanol–water partition coefficient (Wildman–Crippen LogP) is 3.02. The van der Waals surface area contributed by atoms with Crippen molar-refractivity contribution in [3.63, 3.8) is 0 Å². The molecule has 0 spiro atoms. The van der Waals surface area contributed by atoms with Crippen molar-refractivity contribution in [2.24, 2.45) is 0 Å². The van der Waals surface area contributed by atoms with E-state index in [2.05, 4.69) is 39.5 Å². The van der Waals surface area contributed by atoms with Gasteiger partial charge in [0, 0.05) is 0 Å². The summed E-state index contributed by atoms with van der Waals surface area (Å²) in [6.45, 7) is 4.94. The molecule has 1 aliphatic rings. The van der Waals surface area contributed by atoms with E-state index >= 15 is 0 Å². The van der Waals surface area contributed by atoms with E-state index in [9.17, 15) is 0 Å². The van der Waals surface area contributed by atoms with Gasteiger partial charge in [-0.1, -0.05) is 0 Å². The summed E-state index contributed by atoms with van der Waals surface area (Å²) in [5.74, 6) is 0. The van der Waals surface area contributed by atoms with Crippen LogP contribution in [0.3, 0.4) is 0 Å². The summed E-state index contributed by atoms with van der Waals surface area (Å²) in [5.41, 5.74) is 1.37. The molecule has 4 heteroatoms. The molecule has 1 nitrogen and oxygen atoms in total. The molecule has 0 fully saturated rings. The van der Waals surface area contributed by atoms with Gasteiger partial charge in [-0.3, -0.25) is 0 Å². The summed E-state index contributed by atoms with van der Waals surface area (Å²) < 4.78 is 6.94. The topological polar surface area (TPSA) is 9.23 Å². The molecule has 1 atom stereocenters. The molecule has 0 saturated carbocycles. The van der Waals surface area contributed by atoms with E-state index < -0.39 is 0 Å². The van der Waals surface area contributed by atoms with Gasteiger partial charge in [-0.15, -0.1) is 24.8 Å². The van der Waals surface area contributed by atoms with E-state index in [0.29, 0.717) is 0 Å². The molecule has 0 aromatic carbocycles. The maximum Gasteiger partial charge on any atom is -0.147 e. The van der Waals surface area contributed by atoms with Gasteiger partial charge in [0.1, 0.15) is 0 Å². The Morgan fingerprint density at radius 3 is 2.54 bits per heavy atom. The van der Waals surface area contributed by atoms with Crippen LogP contribution in [0.4, 0.5) is 0 Å². The van der Waals surface area contributed by atoms with Gasteiger partial charge < -0.3 is 0 Å². The van der Waals surface area contributed by atoms with Crippen LogP contribution in [-0.4, -0.2) is 12.7 Å². The molecule has 0 radical (unpaired) electrons. The van der Waals surface area contributed by atoms with Crippen LogP contribution < -0.4 is 0 Å². The summed E-state index contributed by atoms with van der Waals surface area (Å²) in [6.07, 6.45) is 5.75. The van der Waals surface area contributed by atoms with E-state index in [1.807, 2.05) is 6.92 Å². The first-order chi connectivity index (χ1) is 5.25. The Morgan fingerprint density at radius 2 is 2.15 bits per heavy atom. The van der Waals surface area contributed by atoms with Crippen LogP contribution in [-0.2, 0) is 25.2 Å². The Morgan fingerprint density at radius 1 is 1.54 bits per heavy atom.